The van der Waals surface area contributed by atoms with Crippen LogP contribution in [0.15, 0.2) is 78.9 Å². The lowest BCUT2D eigenvalue weighted by molar-refractivity contribution is -0.199. The molecule has 4 fully saturated rings. The van der Waals surface area contributed by atoms with Crippen molar-refractivity contribution < 1.29 is 23.3 Å². The molecule has 0 radical (unpaired) electrons. The quantitative estimate of drug-likeness (QED) is 0.304. The molecule has 1 heterocycles. The molecule has 8 heteroatoms. The Bertz CT molecular complexity index is 1500. The molecule has 0 spiro atoms. The third kappa shape index (κ3) is 5.75. The van der Waals surface area contributed by atoms with Gasteiger partial charge in [-0.1, -0.05) is 68.4 Å². The largest absolute Gasteiger partial charge is 0.482 e. The molecule has 3 aliphatic carbocycles. The summed E-state index contributed by atoms with van der Waals surface area (Å²) in [5.41, 5.74) is 3.00. The van der Waals surface area contributed by atoms with E-state index < -0.39 is 30.5 Å². The second kappa shape index (κ2) is 11.5. The molecular weight excluding hydrogens is 542 g/mol. The van der Waals surface area contributed by atoms with Crippen molar-refractivity contribution in [3.05, 3.63) is 107 Å². The molecule has 6 nitrogen and oxygen atoms in total. The smallest absolute Gasteiger partial charge is 0.404 e. The number of carbonyl (C=O) groups is 2. The van der Waals surface area contributed by atoms with Crippen LogP contribution in [-0.4, -0.2) is 36.6 Å². The van der Waals surface area contributed by atoms with Crippen molar-refractivity contribution in [2.45, 2.75) is 77.1 Å². The molecule has 224 valence electrons. The first-order valence-electron chi connectivity index (χ1n) is 15.3. The van der Waals surface area contributed by atoms with Gasteiger partial charge in [0.1, 0.15) is 5.82 Å². The summed E-state index contributed by atoms with van der Waals surface area (Å²) in [5.74, 6) is -0.483. The zero-order chi connectivity index (χ0) is 30.4. The van der Waals surface area contributed by atoms with Gasteiger partial charge in [0.2, 0.25) is 5.91 Å². The number of hydrogen-bond donors (Lipinski definition) is 2. The molecule has 6 atom stereocenters. The number of carbonyl (C=O) groups excluding carboxylic acids is 2. The Morgan fingerprint density at radius 3 is 2.44 bits per heavy atom. The lowest BCUT2D eigenvalue weighted by Crippen LogP contribution is -2.65. The first kappa shape index (κ1) is 29.6. The number of amides is 2. The van der Waals surface area contributed by atoms with Gasteiger partial charge in [-0.15, -0.1) is 0 Å². The molecule has 2 N–H and O–H groups in total. The minimum Gasteiger partial charge on any atom is -0.404 e. The van der Waals surface area contributed by atoms with Gasteiger partial charge in [0.05, 0.1) is 30.1 Å². The highest BCUT2D eigenvalue weighted by atomic mass is 19.1. The average molecular weight is 583 g/mol. The molecule has 3 aromatic rings. The average Bonchev–Trinajstić information content (AvgIpc) is 3.35. The van der Waals surface area contributed by atoms with E-state index in [1.807, 2.05) is 18.2 Å². The topological polar surface area (TPSA) is 76.7 Å². The molecule has 4 aliphatic rings. The molecule has 43 heavy (non-hydrogen) atoms. The van der Waals surface area contributed by atoms with Crippen LogP contribution in [0.4, 0.5) is 4.39 Å². The van der Waals surface area contributed by atoms with Crippen LogP contribution in [0, 0.1) is 30.0 Å². The van der Waals surface area contributed by atoms with Crippen LogP contribution in [0.25, 0.3) is 0 Å². The maximum absolute atomic E-state index is 14.2. The molecule has 1 aliphatic heterocycles. The lowest BCUT2D eigenvalue weighted by atomic mass is 9.43. The van der Waals surface area contributed by atoms with Crippen molar-refractivity contribution in [2.24, 2.45) is 17.3 Å². The van der Waals surface area contributed by atoms with E-state index >= 15 is 0 Å². The highest BCUT2D eigenvalue weighted by Crippen LogP contribution is 2.65. The van der Waals surface area contributed by atoms with Crippen LogP contribution in [0.2, 0.25) is 0 Å². The second-order valence-corrected chi connectivity index (χ2v) is 13.3. The van der Waals surface area contributed by atoms with Crippen molar-refractivity contribution >= 4 is 18.9 Å². The SMILES string of the molecule is Cc1ccccc1C[C@H](NC(=O)CC(NC(=O)c1ccccc1)c1cccc(F)c1)B1O[C@@H]2CC3CC(C3(C)C)[C@]2(C)O1. The van der Waals surface area contributed by atoms with E-state index in [2.05, 4.69) is 50.5 Å². The summed E-state index contributed by atoms with van der Waals surface area (Å²) < 4.78 is 27.6. The third-order valence-corrected chi connectivity index (χ3v) is 10.3. The number of nitrogens with one attached hydrogen (secondary N) is 2. The Morgan fingerprint density at radius 2 is 1.72 bits per heavy atom. The van der Waals surface area contributed by atoms with Crippen LogP contribution >= 0.6 is 0 Å². The van der Waals surface area contributed by atoms with E-state index in [0.29, 0.717) is 29.4 Å². The van der Waals surface area contributed by atoms with Crippen molar-refractivity contribution in [2.75, 3.05) is 0 Å². The second-order valence-electron chi connectivity index (χ2n) is 13.3. The Labute approximate surface area is 253 Å². The summed E-state index contributed by atoms with van der Waals surface area (Å²) in [7, 11) is -0.611. The van der Waals surface area contributed by atoms with Crippen LogP contribution < -0.4 is 10.6 Å². The summed E-state index contributed by atoms with van der Waals surface area (Å²) in [4.78, 5) is 26.9. The van der Waals surface area contributed by atoms with Crippen LogP contribution in [0.3, 0.4) is 0 Å². The summed E-state index contributed by atoms with van der Waals surface area (Å²) >= 11 is 0. The molecule has 2 bridgehead atoms. The number of aryl methyl sites for hydroxylation is 1. The molecular formula is C35H40BFN2O4. The number of hydrogen-bond acceptors (Lipinski definition) is 4. The molecule has 7 rings (SSSR count). The Balaban J connectivity index is 1.23. The van der Waals surface area contributed by atoms with Gasteiger partial charge in [0, 0.05) is 5.56 Å². The van der Waals surface area contributed by atoms with Crippen molar-refractivity contribution in [3.8, 4) is 0 Å². The third-order valence-electron chi connectivity index (χ3n) is 10.3. The number of benzene rings is 3. The van der Waals surface area contributed by atoms with Crippen LogP contribution in [0.1, 0.15) is 73.1 Å². The summed E-state index contributed by atoms with van der Waals surface area (Å²) in [6.45, 7) is 8.88. The van der Waals surface area contributed by atoms with E-state index in [1.54, 1.807) is 36.4 Å². The van der Waals surface area contributed by atoms with Gasteiger partial charge in [-0.3, -0.25) is 9.59 Å². The summed E-state index contributed by atoms with van der Waals surface area (Å²) in [6.07, 6.45) is 2.54. The van der Waals surface area contributed by atoms with Gasteiger partial charge in [-0.2, -0.15) is 0 Å². The fraction of sp³-hybridized carbons (Fsp3) is 0.429. The van der Waals surface area contributed by atoms with E-state index in [0.717, 1.165) is 24.0 Å². The van der Waals surface area contributed by atoms with Crippen LogP contribution in [0.5, 0.6) is 0 Å². The van der Waals surface area contributed by atoms with Gasteiger partial charge in [0.25, 0.3) is 5.91 Å². The molecule has 3 saturated carbocycles. The zero-order valence-corrected chi connectivity index (χ0v) is 25.3. The normalized spacial score (nSPS) is 26.5. The van der Waals surface area contributed by atoms with Crippen molar-refractivity contribution in [3.63, 3.8) is 0 Å². The van der Waals surface area contributed by atoms with Gasteiger partial charge < -0.3 is 19.9 Å². The fourth-order valence-corrected chi connectivity index (χ4v) is 7.62. The van der Waals surface area contributed by atoms with E-state index in [4.69, 9.17) is 9.31 Å². The van der Waals surface area contributed by atoms with Gasteiger partial charge in [-0.05, 0) is 91.3 Å². The van der Waals surface area contributed by atoms with Crippen molar-refractivity contribution in [1.29, 1.82) is 0 Å². The summed E-state index contributed by atoms with van der Waals surface area (Å²) in [6, 6.07) is 22.2. The fourth-order valence-electron chi connectivity index (χ4n) is 7.62. The number of rotatable bonds is 9. The molecule has 3 unspecified atom stereocenters. The monoisotopic (exact) mass is 582 g/mol. The molecule has 2 amide bonds. The van der Waals surface area contributed by atoms with E-state index in [-0.39, 0.29) is 29.8 Å². The van der Waals surface area contributed by atoms with Gasteiger partial charge in [-0.25, -0.2) is 4.39 Å². The predicted molar refractivity (Wildman–Crippen MR) is 165 cm³/mol. The predicted octanol–water partition coefficient (Wildman–Crippen LogP) is 5.99. The Morgan fingerprint density at radius 1 is 0.977 bits per heavy atom. The van der Waals surface area contributed by atoms with Crippen molar-refractivity contribution in [1.82, 2.24) is 10.6 Å². The zero-order valence-electron chi connectivity index (χ0n) is 25.3. The highest BCUT2D eigenvalue weighted by Gasteiger charge is 2.68. The van der Waals surface area contributed by atoms with E-state index in [9.17, 15) is 14.0 Å². The van der Waals surface area contributed by atoms with Gasteiger partial charge in [0.15, 0.2) is 0 Å². The van der Waals surface area contributed by atoms with E-state index in [1.165, 1.54) is 12.1 Å². The number of halogens is 1. The lowest BCUT2D eigenvalue weighted by Gasteiger charge is -2.64. The Hall–Kier alpha value is -3.49. The first-order valence-corrected chi connectivity index (χ1v) is 15.3. The minimum atomic E-state index is -0.735. The summed E-state index contributed by atoms with van der Waals surface area (Å²) in [5, 5.41) is 6.15. The molecule has 3 aromatic carbocycles. The molecule has 1 saturated heterocycles. The van der Waals surface area contributed by atoms with Crippen LogP contribution in [-0.2, 0) is 20.5 Å². The first-order chi connectivity index (χ1) is 20.5. The minimum absolute atomic E-state index is 0.0178. The Kier molecular flexibility index (Phi) is 7.94. The van der Waals surface area contributed by atoms with Gasteiger partial charge >= 0.3 is 7.12 Å². The maximum atomic E-state index is 14.2. The maximum Gasteiger partial charge on any atom is 0.482 e. The highest BCUT2D eigenvalue weighted by molar-refractivity contribution is 6.48. The standard InChI is InChI=1S/C35H40BFN2O4/c1-22-11-8-9-14-24(22)18-31(36-42-30-20-26-19-29(34(26,2)3)35(30,4)43-36)39-32(40)21-28(25-15-10-16-27(37)17-25)38-33(41)23-12-6-5-7-13-23/h5-17,26,28-31H,18-21H2,1-4H3,(H,38,41)(H,39,40)/t26?,28?,29?,30-,31+,35+/m1/s1. The molecule has 0 aromatic heterocycles.